The van der Waals surface area contributed by atoms with E-state index in [-0.39, 0.29) is 6.54 Å². The van der Waals surface area contributed by atoms with Crippen LogP contribution in [0.4, 0.5) is 0 Å². The molecule has 1 heterocycles. The van der Waals surface area contributed by atoms with Crippen LogP contribution in [-0.2, 0) is 20.9 Å². The van der Waals surface area contributed by atoms with Crippen molar-refractivity contribution in [3.8, 4) is 0 Å². The molecule has 6 nitrogen and oxygen atoms in total. The van der Waals surface area contributed by atoms with Gasteiger partial charge in [-0.25, -0.2) is 4.68 Å². The number of rotatable bonds is 8. The second kappa shape index (κ2) is 9.26. The molecule has 1 aromatic heterocycles. The fraction of sp³-hybridized carbons (Fsp3) is 0.350. The monoisotopic (exact) mass is 421 g/mol. The van der Waals surface area contributed by atoms with Crippen LogP contribution >= 0.6 is 23.2 Å². The van der Waals surface area contributed by atoms with E-state index in [9.17, 15) is 9.59 Å². The molecular formula is C20H21Cl2N3O3. The van der Waals surface area contributed by atoms with Gasteiger partial charge in [-0.05, 0) is 49.5 Å². The van der Waals surface area contributed by atoms with E-state index in [0.717, 1.165) is 18.4 Å². The number of benzene rings is 1. The number of amides is 1. The van der Waals surface area contributed by atoms with E-state index < -0.39 is 11.9 Å². The van der Waals surface area contributed by atoms with Crippen LogP contribution in [0.1, 0.15) is 29.7 Å². The summed E-state index contributed by atoms with van der Waals surface area (Å²) in [7, 11) is 0. The molecule has 1 aliphatic carbocycles. The predicted octanol–water partition coefficient (Wildman–Crippen LogP) is 3.63. The lowest BCUT2D eigenvalue weighted by atomic mass is 10.2. The topological polar surface area (TPSA) is 73.2 Å². The molecule has 28 heavy (non-hydrogen) atoms. The summed E-state index contributed by atoms with van der Waals surface area (Å²) in [6.45, 7) is 2.59. The number of nitrogens with zero attached hydrogens (tertiary/aromatic N) is 2. The van der Waals surface area contributed by atoms with E-state index in [1.165, 1.54) is 6.08 Å². The number of aromatic nitrogens is 2. The van der Waals surface area contributed by atoms with Gasteiger partial charge in [-0.2, -0.15) is 5.10 Å². The highest BCUT2D eigenvalue weighted by Gasteiger charge is 2.23. The minimum Gasteiger partial charge on any atom is -0.464 e. The Morgan fingerprint density at radius 3 is 2.68 bits per heavy atom. The van der Waals surface area contributed by atoms with Crippen molar-refractivity contribution < 1.29 is 14.3 Å². The first kappa shape index (κ1) is 20.4. The minimum atomic E-state index is -0.432. The van der Waals surface area contributed by atoms with Gasteiger partial charge in [0.15, 0.2) is 0 Å². The first-order chi connectivity index (χ1) is 13.4. The Balaban J connectivity index is 1.55. The second-order valence-electron chi connectivity index (χ2n) is 6.75. The molecule has 1 amide bonds. The Kier molecular flexibility index (Phi) is 6.75. The van der Waals surface area contributed by atoms with Crippen LogP contribution in [0.25, 0.3) is 6.08 Å². The Bertz CT molecular complexity index is 887. The van der Waals surface area contributed by atoms with E-state index in [2.05, 4.69) is 10.4 Å². The highest BCUT2D eigenvalue weighted by atomic mass is 35.5. The summed E-state index contributed by atoms with van der Waals surface area (Å²) >= 11 is 12.3. The molecule has 0 saturated heterocycles. The number of carbonyl (C=O) groups is 2. The van der Waals surface area contributed by atoms with Crippen molar-refractivity contribution >= 4 is 41.2 Å². The molecule has 1 fully saturated rings. The smallest absolute Gasteiger partial charge is 0.325 e. The van der Waals surface area contributed by atoms with Crippen molar-refractivity contribution in [2.24, 2.45) is 5.92 Å². The number of carbonyl (C=O) groups excluding carboxylic acids is 2. The SMILES string of the molecule is Cc1nn(Cc2ccc(Cl)cc2)c(Cl)c1/C=C/C(=O)NCC(=O)OCC1CC1. The highest BCUT2D eigenvalue weighted by molar-refractivity contribution is 6.31. The molecular weight excluding hydrogens is 401 g/mol. The van der Waals surface area contributed by atoms with Gasteiger partial charge in [-0.15, -0.1) is 0 Å². The number of nitrogens with one attached hydrogen (secondary N) is 1. The zero-order valence-corrected chi connectivity index (χ0v) is 17.0. The number of hydrogen-bond donors (Lipinski definition) is 1. The fourth-order valence-corrected chi connectivity index (χ4v) is 2.97. The van der Waals surface area contributed by atoms with E-state index >= 15 is 0 Å². The zero-order chi connectivity index (χ0) is 20.1. The molecule has 0 spiro atoms. The summed E-state index contributed by atoms with van der Waals surface area (Å²) in [6.07, 6.45) is 5.13. The van der Waals surface area contributed by atoms with Crippen molar-refractivity contribution in [2.45, 2.75) is 26.3 Å². The molecule has 148 valence electrons. The molecule has 2 aromatic rings. The van der Waals surface area contributed by atoms with Crippen LogP contribution in [0.3, 0.4) is 0 Å². The third kappa shape index (κ3) is 5.84. The van der Waals surface area contributed by atoms with Gasteiger partial charge in [-0.3, -0.25) is 9.59 Å². The maximum absolute atomic E-state index is 11.9. The lowest BCUT2D eigenvalue weighted by Crippen LogP contribution is -2.29. The first-order valence-electron chi connectivity index (χ1n) is 9.01. The maximum Gasteiger partial charge on any atom is 0.325 e. The van der Waals surface area contributed by atoms with E-state index in [4.69, 9.17) is 27.9 Å². The standard InChI is InChI=1S/C20H21Cl2N3O3/c1-13-17(8-9-18(26)23-10-19(27)28-12-15-2-3-15)20(22)25(24-13)11-14-4-6-16(21)7-5-14/h4-9,15H,2-3,10-12H2,1H3,(H,23,26)/b9-8+. The van der Waals surface area contributed by atoms with Crippen LogP contribution in [0.15, 0.2) is 30.3 Å². The molecule has 8 heteroatoms. The van der Waals surface area contributed by atoms with Crippen LogP contribution in [-0.4, -0.2) is 34.8 Å². The Morgan fingerprint density at radius 2 is 2.00 bits per heavy atom. The maximum atomic E-state index is 11.9. The van der Waals surface area contributed by atoms with Gasteiger partial charge in [0.1, 0.15) is 11.7 Å². The number of aryl methyl sites for hydroxylation is 1. The Labute approximate surface area is 173 Å². The van der Waals surface area contributed by atoms with Crippen molar-refractivity contribution in [3.05, 3.63) is 57.3 Å². The summed E-state index contributed by atoms with van der Waals surface area (Å²) in [6, 6.07) is 7.42. The van der Waals surface area contributed by atoms with E-state index in [1.54, 1.807) is 10.8 Å². The molecule has 1 aromatic carbocycles. The van der Waals surface area contributed by atoms with Gasteiger partial charge in [0.05, 0.1) is 18.8 Å². The quantitative estimate of drug-likeness (QED) is 0.521. The van der Waals surface area contributed by atoms with Gasteiger partial charge in [0, 0.05) is 16.7 Å². The van der Waals surface area contributed by atoms with Crippen LogP contribution in [0.5, 0.6) is 0 Å². The number of ether oxygens (including phenoxy) is 1. The van der Waals surface area contributed by atoms with Gasteiger partial charge < -0.3 is 10.1 Å². The van der Waals surface area contributed by atoms with Crippen LogP contribution < -0.4 is 5.32 Å². The summed E-state index contributed by atoms with van der Waals surface area (Å²) in [4.78, 5) is 23.5. The number of halogens is 2. The van der Waals surface area contributed by atoms with Gasteiger partial charge in [-0.1, -0.05) is 35.3 Å². The Morgan fingerprint density at radius 1 is 1.29 bits per heavy atom. The molecule has 3 rings (SSSR count). The normalized spacial score (nSPS) is 13.7. The van der Waals surface area contributed by atoms with Gasteiger partial charge >= 0.3 is 5.97 Å². The lowest BCUT2D eigenvalue weighted by Gasteiger charge is -2.04. The third-order valence-electron chi connectivity index (χ3n) is 4.34. The molecule has 1 saturated carbocycles. The third-order valence-corrected chi connectivity index (χ3v) is 4.99. The lowest BCUT2D eigenvalue weighted by molar-refractivity contribution is -0.144. The number of esters is 1. The van der Waals surface area contributed by atoms with Crippen molar-refractivity contribution in [2.75, 3.05) is 13.2 Å². The van der Waals surface area contributed by atoms with Crippen LogP contribution in [0, 0.1) is 12.8 Å². The van der Waals surface area contributed by atoms with Gasteiger partial charge in [0.2, 0.25) is 5.91 Å². The molecule has 0 atom stereocenters. The highest BCUT2D eigenvalue weighted by Crippen LogP contribution is 2.28. The zero-order valence-electron chi connectivity index (χ0n) is 15.5. The van der Waals surface area contributed by atoms with Crippen molar-refractivity contribution in [3.63, 3.8) is 0 Å². The van der Waals surface area contributed by atoms with Crippen LogP contribution in [0.2, 0.25) is 10.2 Å². The summed E-state index contributed by atoms with van der Waals surface area (Å²) in [5.74, 6) is -0.336. The largest absolute Gasteiger partial charge is 0.464 e. The fourth-order valence-electron chi connectivity index (χ4n) is 2.55. The van der Waals surface area contributed by atoms with Crippen molar-refractivity contribution in [1.82, 2.24) is 15.1 Å². The molecule has 0 unspecified atom stereocenters. The average molecular weight is 422 g/mol. The van der Waals surface area contributed by atoms with E-state index in [0.29, 0.717) is 40.5 Å². The second-order valence-corrected chi connectivity index (χ2v) is 7.55. The molecule has 0 bridgehead atoms. The summed E-state index contributed by atoms with van der Waals surface area (Å²) in [5.41, 5.74) is 2.36. The van der Waals surface area contributed by atoms with Gasteiger partial charge in [0.25, 0.3) is 0 Å². The van der Waals surface area contributed by atoms with E-state index in [1.807, 2.05) is 31.2 Å². The summed E-state index contributed by atoms with van der Waals surface area (Å²) in [5, 5.41) is 8.02. The average Bonchev–Trinajstić information content (AvgIpc) is 3.46. The molecule has 1 N–H and O–H groups in total. The van der Waals surface area contributed by atoms with Crippen molar-refractivity contribution in [1.29, 1.82) is 0 Å². The first-order valence-corrected chi connectivity index (χ1v) is 9.77. The minimum absolute atomic E-state index is 0.154. The molecule has 0 aliphatic heterocycles. The predicted molar refractivity (Wildman–Crippen MR) is 108 cm³/mol. The molecule has 0 radical (unpaired) electrons. The molecule has 1 aliphatic rings. The number of hydrogen-bond acceptors (Lipinski definition) is 4. The summed E-state index contributed by atoms with van der Waals surface area (Å²) < 4.78 is 6.72. The Hall–Kier alpha value is -2.31.